The van der Waals surface area contributed by atoms with E-state index >= 15 is 0 Å². The third kappa shape index (κ3) is 4.59. The fourth-order valence-electron chi connectivity index (χ4n) is 3.25. The molecule has 2 aliphatic rings. The van der Waals surface area contributed by atoms with Crippen LogP contribution in [-0.4, -0.2) is 40.8 Å². The number of ether oxygens (including phenoxy) is 2. The number of hydrogen-bond donors (Lipinski definition) is 0. The fourth-order valence-corrected chi connectivity index (χ4v) is 3.25. The lowest BCUT2D eigenvalue weighted by molar-refractivity contribution is -0.137. The Kier molecular flexibility index (Phi) is 4.79. The molecule has 26 heavy (non-hydrogen) atoms. The Morgan fingerprint density at radius 3 is 2.65 bits per heavy atom. The summed E-state index contributed by atoms with van der Waals surface area (Å²) in [4.78, 5) is 18.0. The minimum atomic E-state index is -4.45. The Balaban J connectivity index is 1.66. The van der Waals surface area contributed by atoms with Crippen molar-refractivity contribution in [2.45, 2.75) is 51.4 Å². The summed E-state index contributed by atoms with van der Waals surface area (Å²) in [6.07, 6.45) is -1.95. The van der Waals surface area contributed by atoms with Crippen molar-refractivity contribution in [1.82, 2.24) is 9.88 Å². The topological polar surface area (TPSA) is 51.7 Å². The molecule has 0 spiro atoms. The molecule has 1 saturated heterocycles. The van der Waals surface area contributed by atoms with Gasteiger partial charge in [0.05, 0.1) is 11.6 Å². The van der Waals surface area contributed by atoms with Crippen molar-refractivity contribution in [2.24, 2.45) is 11.8 Å². The second kappa shape index (κ2) is 6.63. The van der Waals surface area contributed by atoms with Gasteiger partial charge in [-0.2, -0.15) is 13.2 Å². The zero-order chi connectivity index (χ0) is 19.1. The summed E-state index contributed by atoms with van der Waals surface area (Å²) in [5, 5.41) is 0. The van der Waals surface area contributed by atoms with Crippen LogP contribution in [0.4, 0.5) is 18.0 Å². The number of nitrogens with zero attached hydrogens (tertiary/aromatic N) is 2. The van der Waals surface area contributed by atoms with Crippen LogP contribution in [0.1, 0.15) is 39.2 Å². The van der Waals surface area contributed by atoms with Gasteiger partial charge in [0.15, 0.2) is 0 Å². The van der Waals surface area contributed by atoms with E-state index in [-0.39, 0.29) is 18.5 Å². The first-order valence-electron chi connectivity index (χ1n) is 8.68. The molecule has 3 rings (SSSR count). The molecule has 144 valence electrons. The molecule has 8 heteroatoms. The van der Waals surface area contributed by atoms with E-state index in [1.807, 2.05) is 0 Å². The molecule has 1 amide bonds. The van der Waals surface area contributed by atoms with Gasteiger partial charge < -0.3 is 14.4 Å². The quantitative estimate of drug-likeness (QED) is 0.801. The van der Waals surface area contributed by atoms with E-state index in [1.165, 1.54) is 0 Å². The minimum Gasteiger partial charge on any atom is -0.475 e. The molecular formula is C18H23F3N2O3. The van der Waals surface area contributed by atoms with Crippen molar-refractivity contribution in [3.8, 4) is 5.88 Å². The summed E-state index contributed by atoms with van der Waals surface area (Å²) in [5.74, 6) is 0.948. The molecule has 1 aromatic heterocycles. The summed E-state index contributed by atoms with van der Waals surface area (Å²) >= 11 is 0. The van der Waals surface area contributed by atoms with Gasteiger partial charge in [0.2, 0.25) is 5.88 Å². The van der Waals surface area contributed by atoms with Crippen LogP contribution in [0.3, 0.4) is 0 Å². The minimum absolute atomic E-state index is 0.0940. The van der Waals surface area contributed by atoms with Crippen LogP contribution in [0.2, 0.25) is 0 Å². The summed E-state index contributed by atoms with van der Waals surface area (Å²) in [6.45, 7) is 6.09. The zero-order valence-corrected chi connectivity index (χ0v) is 15.0. The molecule has 1 saturated carbocycles. The van der Waals surface area contributed by atoms with Crippen LogP contribution in [0.5, 0.6) is 5.88 Å². The van der Waals surface area contributed by atoms with Crippen LogP contribution in [0, 0.1) is 11.8 Å². The second-order valence-electron chi connectivity index (χ2n) is 7.97. The Morgan fingerprint density at radius 1 is 1.27 bits per heavy atom. The summed E-state index contributed by atoms with van der Waals surface area (Å²) in [5.41, 5.74) is -1.41. The highest BCUT2D eigenvalue weighted by Gasteiger charge is 2.48. The maximum absolute atomic E-state index is 12.8. The van der Waals surface area contributed by atoms with Gasteiger partial charge in [-0.25, -0.2) is 9.78 Å². The molecule has 0 N–H and O–H groups in total. The first-order chi connectivity index (χ1) is 12.0. The highest BCUT2D eigenvalue weighted by molar-refractivity contribution is 5.69. The van der Waals surface area contributed by atoms with Crippen molar-refractivity contribution in [1.29, 1.82) is 0 Å². The number of halogens is 3. The monoisotopic (exact) mass is 372 g/mol. The molecule has 0 aromatic carbocycles. The van der Waals surface area contributed by atoms with Gasteiger partial charge in [0.1, 0.15) is 12.2 Å². The van der Waals surface area contributed by atoms with Crippen LogP contribution in [0.15, 0.2) is 18.3 Å². The van der Waals surface area contributed by atoms with E-state index in [9.17, 15) is 18.0 Å². The molecular weight excluding hydrogens is 349 g/mol. The first kappa shape index (κ1) is 18.8. The number of hydrogen-bond acceptors (Lipinski definition) is 4. The van der Waals surface area contributed by atoms with E-state index < -0.39 is 23.4 Å². The van der Waals surface area contributed by atoms with Gasteiger partial charge in [0.25, 0.3) is 0 Å². The van der Waals surface area contributed by atoms with Crippen LogP contribution < -0.4 is 4.74 Å². The van der Waals surface area contributed by atoms with Crippen LogP contribution in [-0.2, 0) is 10.9 Å². The average Bonchev–Trinajstić information content (AvgIpc) is 3.28. The number of amides is 1. The van der Waals surface area contributed by atoms with Gasteiger partial charge >= 0.3 is 12.3 Å². The predicted octanol–water partition coefficient (Wildman–Crippen LogP) is 4.12. The van der Waals surface area contributed by atoms with Gasteiger partial charge in [-0.1, -0.05) is 0 Å². The lowest BCUT2D eigenvalue weighted by atomic mass is 10.0. The van der Waals surface area contributed by atoms with E-state index in [0.29, 0.717) is 18.4 Å². The number of carbonyl (C=O) groups excluding carboxylic acids is 1. The van der Waals surface area contributed by atoms with Crippen molar-refractivity contribution in [2.75, 3.05) is 13.2 Å². The van der Waals surface area contributed by atoms with Gasteiger partial charge in [-0.05, 0) is 51.5 Å². The highest BCUT2D eigenvalue weighted by atomic mass is 19.4. The number of fused-ring (bicyclic) bond motifs is 1. The molecule has 2 heterocycles. The molecule has 0 radical (unpaired) electrons. The Morgan fingerprint density at radius 2 is 2.00 bits per heavy atom. The smallest absolute Gasteiger partial charge is 0.416 e. The summed E-state index contributed by atoms with van der Waals surface area (Å²) < 4.78 is 49.3. The lowest BCUT2D eigenvalue weighted by Crippen LogP contribution is -2.49. The van der Waals surface area contributed by atoms with E-state index in [1.54, 1.807) is 25.7 Å². The maximum Gasteiger partial charge on any atom is 0.416 e. The molecule has 0 bridgehead atoms. The van der Waals surface area contributed by atoms with Crippen LogP contribution >= 0.6 is 0 Å². The normalized spacial score (nSPS) is 25.5. The Hall–Kier alpha value is -1.99. The molecule has 2 fully saturated rings. The summed E-state index contributed by atoms with van der Waals surface area (Å²) in [6, 6.07) is 1.54. The molecule has 1 aromatic rings. The van der Waals surface area contributed by atoms with E-state index in [0.717, 1.165) is 31.2 Å². The molecule has 1 aliphatic carbocycles. The Labute approximate surface area is 150 Å². The standard InChI is InChI=1S/C18H23F3N2O3/c1-17(2,3)26-16(24)23-9-12-6-11(12)7-14(23)10-25-15-8-13(4-5-22-15)18(19,20)21/h4-5,8,11-12,14H,6-7,9-10H2,1-3H3. The lowest BCUT2D eigenvalue weighted by Gasteiger charge is -2.36. The number of aromatic nitrogens is 1. The van der Waals surface area contributed by atoms with Gasteiger partial charge in [0, 0.05) is 18.8 Å². The largest absolute Gasteiger partial charge is 0.475 e. The summed E-state index contributed by atoms with van der Waals surface area (Å²) in [7, 11) is 0. The maximum atomic E-state index is 12.8. The number of piperidine rings is 1. The number of likely N-dealkylation sites (tertiary alicyclic amines) is 1. The van der Waals surface area contributed by atoms with Gasteiger partial charge in [-0.15, -0.1) is 0 Å². The number of alkyl halides is 3. The molecule has 5 nitrogen and oxygen atoms in total. The van der Waals surface area contributed by atoms with Crippen molar-refractivity contribution >= 4 is 6.09 Å². The van der Waals surface area contributed by atoms with Gasteiger partial charge in [-0.3, -0.25) is 0 Å². The third-order valence-corrected chi connectivity index (χ3v) is 4.63. The molecule has 3 atom stereocenters. The predicted molar refractivity (Wildman–Crippen MR) is 87.7 cm³/mol. The van der Waals surface area contributed by atoms with E-state index in [2.05, 4.69) is 4.98 Å². The van der Waals surface area contributed by atoms with Crippen molar-refractivity contribution in [3.05, 3.63) is 23.9 Å². The first-order valence-corrected chi connectivity index (χ1v) is 8.68. The Bertz CT molecular complexity index is 672. The zero-order valence-electron chi connectivity index (χ0n) is 15.0. The van der Waals surface area contributed by atoms with Crippen molar-refractivity contribution in [3.63, 3.8) is 0 Å². The molecule has 3 unspecified atom stereocenters. The number of rotatable bonds is 3. The van der Waals surface area contributed by atoms with E-state index in [4.69, 9.17) is 9.47 Å². The number of pyridine rings is 1. The average molecular weight is 372 g/mol. The SMILES string of the molecule is CC(C)(C)OC(=O)N1CC2CC2CC1COc1cc(C(F)(F)F)ccn1. The van der Waals surface area contributed by atoms with Crippen LogP contribution in [0.25, 0.3) is 0 Å². The fraction of sp³-hybridized carbons (Fsp3) is 0.667. The number of carbonyl (C=O) groups is 1. The highest BCUT2D eigenvalue weighted by Crippen LogP contribution is 2.47. The van der Waals surface area contributed by atoms with Crippen molar-refractivity contribution < 1.29 is 27.4 Å². The molecule has 1 aliphatic heterocycles. The third-order valence-electron chi connectivity index (χ3n) is 4.63. The second-order valence-corrected chi connectivity index (χ2v) is 7.97.